The molecule has 1 saturated heterocycles. The van der Waals surface area contributed by atoms with Crippen molar-refractivity contribution in [2.75, 3.05) is 50.1 Å². The molecule has 1 amide bonds. The Morgan fingerprint density at radius 3 is 2.64 bits per heavy atom. The first-order valence-corrected chi connectivity index (χ1v) is 15.9. The number of nitrogens with zero attached hydrogens (tertiary/aromatic N) is 4. The summed E-state index contributed by atoms with van der Waals surface area (Å²) in [5.74, 6) is -0.808. The lowest BCUT2D eigenvalue weighted by molar-refractivity contribution is -0.121. The molecule has 0 saturated carbocycles. The molecule has 1 aliphatic heterocycles. The SMILES string of the molecule is CC[C@H](C(=O)Nc1cccc2c(-c3nc(Nc4cccc(S(C)(=O)=O)c4F)ncc3C)c[nH]c12)N1CCCN(C)CC1. The van der Waals surface area contributed by atoms with Gasteiger partial charge < -0.3 is 20.5 Å². The van der Waals surface area contributed by atoms with Crippen LogP contribution in [0, 0.1) is 12.7 Å². The number of aromatic nitrogens is 3. The number of aromatic amines is 1. The van der Waals surface area contributed by atoms with Gasteiger partial charge in [0.05, 0.1) is 28.6 Å². The second-order valence-corrected chi connectivity index (χ2v) is 12.8. The first-order chi connectivity index (χ1) is 20.1. The van der Waals surface area contributed by atoms with Crippen LogP contribution < -0.4 is 10.6 Å². The third-order valence-corrected chi connectivity index (χ3v) is 8.81. The Labute approximate surface area is 245 Å². The maximum Gasteiger partial charge on any atom is 0.241 e. The van der Waals surface area contributed by atoms with E-state index < -0.39 is 20.5 Å². The Kier molecular flexibility index (Phi) is 8.58. The minimum Gasteiger partial charge on any atom is -0.359 e. The van der Waals surface area contributed by atoms with E-state index in [1.807, 2.05) is 38.2 Å². The van der Waals surface area contributed by atoms with Gasteiger partial charge in [-0.3, -0.25) is 9.69 Å². The van der Waals surface area contributed by atoms with E-state index in [1.54, 1.807) is 6.20 Å². The van der Waals surface area contributed by atoms with Crippen molar-refractivity contribution in [1.29, 1.82) is 0 Å². The summed E-state index contributed by atoms with van der Waals surface area (Å²) >= 11 is 0. The van der Waals surface area contributed by atoms with Gasteiger partial charge in [-0.05, 0) is 57.1 Å². The van der Waals surface area contributed by atoms with Gasteiger partial charge >= 0.3 is 0 Å². The molecule has 4 aromatic rings. The first-order valence-electron chi connectivity index (χ1n) is 14.0. The number of sulfone groups is 1. The van der Waals surface area contributed by atoms with Gasteiger partial charge in [-0.2, -0.15) is 0 Å². The van der Waals surface area contributed by atoms with Gasteiger partial charge in [0, 0.05) is 49.2 Å². The summed E-state index contributed by atoms with van der Waals surface area (Å²) in [6, 6.07) is 9.60. The Hall–Kier alpha value is -3.87. The first kappa shape index (κ1) is 29.6. The van der Waals surface area contributed by atoms with Crippen molar-refractivity contribution >= 4 is 44.0 Å². The van der Waals surface area contributed by atoms with E-state index in [4.69, 9.17) is 0 Å². The third kappa shape index (κ3) is 6.15. The van der Waals surface area contributed by atoms with Crippen molar-refractivity contribution in [3.05, 3.63) is 60.2 Å². The normalized spacial score (nSPS) is 15.8. The van der Waals surface area contributed by atoms with Gasteiger partial charge in [-0.25, -0.2) is 22.8 Å². The molecule has 0 aliphatic carbocycles. The van der Waals surface area contributed by atoms with Crippen LogP contribution in [0.1, 0.15) is 25.3 Å². The number of nitrogens with one attached hydrogen (secondary N) is 3. The molecular formula is C30H36FN7O3S. The molecule has 0 bridgehead atoms. The highest BCUT2D eigenvalue weighted by atomic mass is 32.2. The molecular weight excluding hydrogens is 557 g/mol. The largest absolute Gasteiger partial charge is 0.359 e. The fourth-order valence-corrected chi connectivity index (χ4v) is 6.21. The lowest BCUT2D eigenvalue weighted by Crippen LogP contribution is -2.45. The van der Waals surface area contributed by atoms with Crippen molar-refractivity contribution in [2.24, 2.45) is 0 Å². The van der Waals surface area contributed by atoms with E-state index in [9.17, 15) is 17.6 Å². The predicted octanol–water partition coefficient (Wildman–Crippen LogP) is 4.57. The predicted molar refractivity (Wildman–Crippen MR) is 163 cm³/mol. The Bertz CT molecular complexity index is 1720. The summed E-state index contributed by atoms with van der Waals surface area (Å²) in [7, 11) is -1.64. The van der Waals surface area contributed by atoms with Crippen LogP contribution in [-0.4, -0.2) is 84.6 Å². The van der Waals surface area contributed by atoms with Gasteiger partial charge in [-0.15, -0.1) is 0 Å². The molecule has 1 fully saturated rings. The standard InChI is InChI=1S/C30H36FN7O3S/c1-5-24(38-14-8-13-37(3)15-16-38)29(39)34-23-11-6-9-20-21(18-32-28(20)23)27-19(2)17-33-30(36-27)35-22-10-7-12-25(26(22)31)42(4,40)41/h6-7,9-12,17-18,24,32H,5,8,13-16H2,1-4H3,(H,34,39)(H,33,35,36)/t24-/m1/s1. The number of para-hydroxylation sites is 1. The highest BCUT2D eigenvalue weighted by Gasteiger charge is 2.26. The number of rotatable bonds is 8. The molecule has 42 heavy (non-hydrogen) atoms. The molecule has 3 N–H and O–H groups in total. The number of amides is 1. The van der Waals surface area contributed by atoms with Gasteiger partial charge in [0.25, 0.3) is 0 Å². The van der Waals surface area contributed by atoms with Crippen LogP contribution in [0.4, 0.5) is 21.7 Å². The van der Waals surface area contributed by atoms with Crippen molar-refractivity contribution < 1.29 is 17.6 Å². The molecule has 5 rings (SSSR count). The Morgan fingerprint density at radius 2 is 1.88 bits per heavy atom. The second kappa shape index (κ2) is 12.2. The summed E-state index contributed by atoms with van der Waals surface area (Å²) < 4.78 is 38.9. The van der Waals surface area contributed by atoms with E-state index in [0.29, 0.717) is 17.8 Å². The fourth-order valence-electron chi connectivity index (χ4n) is 5.45. The van der Waals surface area contributed by atoms with Crippen LogP contribution in [0.2, 0.25) is 0 Å². The van der Waals surface area contributed by atoms with Crippen LogP contribution in [-0.2, 0) is 14.6 Å². The highest BCUT2D eigenvalue weighted by molar-refractivity contribution is 7.90. The zero-order valence-corrected chi connectivity index (χ0v) is 25.1. The summed E-state index contributed by atoms with van der Waals surface area (Å²) in [5.41, 5.74) is 3.60. The van der Waals surface area contributed by atoms with Gasteiger partial charge in [0.15, 0.2) is 15.7 Å². The van der Waals surface area contributed by atoms with Crippen LogP contribution in [0.5, 0.6) is 0 Å². The van der Waals surface area contributed by atoms with Crippen molar-refractivity contribution in [3.8, 4) is 11.3 Å². The molecule has 0 unspecified atom stereocenters. The number of carbonyl (C=O) groups excluding carboxylic acids is 1. The minimum absolute atomic E-state index is 0.0336. The smallest absolute Gasteiger partial charge is 0.241 e. The van der Waals surface area contributed by atoms with Crippen LogP contribution in [0.3, 0.4) is 0 Å². The number of hydrogen-bond donors (Lipinski definition) is 3. The zero-order chi connectivity index (χ0) is 30.0. The number of benzene rings is 2. The third-order valence-electron chi connectivity index (χ3n) is 7.69. The quantitative estimate of drug-likeness (QED) is 0.272. The Morgan fingerprint density at radius 1 is 1.12 bits per heavy atom. The molecule has 2 aromatic heterocycles. The number of aryl methyl sites for hydroxylation is 1. The number of likely N-dealkylation sites (N-methyl/N-ethyl adjacent to an activating group) is 1. The van der Waals surface area contributed by atoms with Crippen LogP contribution >= 0.6 is 0 Å². The van der Waals surface area contributed by atoms with E-state index in [0.717, 1.165) is 60.9 Å². The number of fused-ring (bicyclic) bond motifs is 1. The molecule has 222 valence electrons. The number of halogens is 1. The minimum atomic E-state index is -3.75. The monoisotopic (exact) mass is 593 g/mol. The highest BCUT2D eigenvalue weighted by Crippen LogP contribution is 2.34. The van der Waals surface area contributed by atoms with Crippen molar-refractivity contribution in [2.45, 2.75) is 37.6 Å². The van der Waals surface area contributed by atoms with Gasteiger partial charge in [0.1, 0.15) is 4.90 Å². The average Bonchev–Trinajstić information content (AvgIpc) is 3.27. The van der Waals surface area contributed by atoms with Crippen molar-refractivity contribution in [1.82, 2.24) is 24.8 Å². The number of hydrogen-bond acceptors (Lipinski definition) is 8. The molecule has 2 aromatic carbocycles. The topological polar surface area (TPSA) is 123 Å². The van der Waals surface area contributed by atoms with Crippen molar-refractivity contribution in [3.63, 3.8) is 0 Å². The molecule has 3 heterocycles. The summed E-state index contributed by atoms with van der Waals surface area (Å²) in [6.07, 6.45) is 6.15. The molecule has 0 spiro atoms. The fraction of sp³-hybridized carbons (Fsp3) is 0.367. The van der Waals surface area contributed by atoms with Gasteiger partial charge in [0.2, 0.25) is 11.9 Å². The number of H-pyrrole nitrogens is 1. The second-order valence-electron chi connectivity index (χ2n) is 10.8. The van der Waals surface area contributed by atoms with E-state index in [1.165, 1.54) is 18.2 Å². The van der Waals surface area contributed by atoms with E-state index in [-0.39, 0.29) is 23.6 Å². The summed E-state index contributed by atoms with van der Waals surface area (Å²) in [6.45, 7) is 7.62. The molecule has 0 radical (unpaired) electrons. The van der Waals surface area contributed by atoms with E-state index >= 15 is 0 Å². The Balaban J connectivity index is 1.42. The lowest BCUT2D eigenvalue weighted by atomic mass is 10.1. The number of anilines is 3. The molecule has 1 aliphatic rings. The van der Waals surface area contributed by atoms with Gasteiger partial charge in [-0.1, -0.05) is 25.1 Å². The molecule has 1 atom stereocenters. The summed E-state index contributed by atoms with van der Waals surface area (Å²) in [5, 5.41) is 6.83. The summed E-state index contributed by atoms with van der Waals surface area (Å²) in [4.78, 5) is 29.9. The number of carbonyl (C=O) groups is 1. The van der Waals surface area contributed by atoms with E-state index in [2.05, 4.69) is 42.4 Å². The van der Waals surface area contributed by atoms with Crippen LogP contribution in [0.15, 0.2) is 53.7 Å². The average molecular weight is 594 g/mol. The molecule has 12 heteroatoms. The lowest BCUT2D eigenvalue weighted by Gasteiger charge is -2.28. The van der Waals surface area contributed by atoms with Crippen LogP contribution in [0.25, 0.3) is 22.2 Å². The zero-order valence-electron chi connectivity index (χ0n) is 24.2. The molecule has 10 nitrogen and oxygen atoms in total. The maximum absolute atomic E-state index is 15.0. The maximum atomic E-state index is 15.0.